The predicted octanol–water partition coefficient (Wildman–Crippen LogP) is 2.00. The van der Waals surface area contributed by atoms with Crippen molar-refractivity contribution in [3.63, 3.8) is 0 Å². The van der Waals surface area contributed by atoms with Crippen molar-refractivity contribution in [3.8, 4) is 0 Å². The number of hydrogen-bond acceptors (Lipinski definition) is 4. The first kappa shape index (κ1) is 14.4. The summed E-state index contributed by atoms with van der Waals surface area (Å²) in [6.07, 6.45) is 1.85. The number of rotatable bonds is 5. The van der Waals surface area contributed by atoms with E-state index in [0.717, 1.165) is 51.4 Å². The van der Waals surface area contributed by atoms with Gasteiger partial charge in [-0.25, -0.2) is 0 Å². The summed E-state index contributed by atoms with van der Waals surface area (Å²) in [6, 6.07) is 10.7. The van der Waals surface area contributed by atoms with Crippen LogP contribution in [0.4, 0.5) is 0 Å². The molecule has 1 aliphatic heterocycles. The van der Waals surface area contributed by atoms with Crippen molar-refractivity contribution in [1.82, 2.24) is 14.8 Å². The highest BCUT2D eigenvalue weighted by molar-refractivity contribution is 5.78. The Kier molecular flexibility index (Phi) is 4.80. The van der Waals surface area contributed by atoms with Crippen LogP contribution in [0.1, 0.15) is 5.56 Å². The van der Waals surface area contributed by atoms with Gasteiger partial charge in [-0.05, 0) is 23.8 Å². The summed E-state index contributed by atoms with van der Waals surface area (Å²) in [5.41, 5.74) is 2.45. The molecule has 1 aliphatic rings. The van der Waals surface area contributed by atoms with Crippen LogP contribution in [0.2, 0.25) is 0 Å². The lowest BCUT2D eigenvalue weighted by Crippen LogP contribution is -2.46. The Morgan fingerprint density at radius 3 is 2.71 bits per heavy atom. The lowest BCUT2D eigenvalue weighted by atomic mass is 10.1. The molecule has 4 heteroatoms. The molecule has 4 nitrogen and oxygen atoms in total. The average molecular weight is 285 g/mol. The Balaban J connectivity index is 1.56. The van der Waals surface area contributed by atoms with Crippen LogP contribution >= 0.6 is 0 Å². The minimum absolute atomic E-state index is 0.831. The Hall–Kier alpha value is -1.49. The third-order valence-electron chi connectivity index (χ3n) is 4.15. The summed E-state index contributed by atoms with van der Waals surface area (Å²) in [5.74, 6) is 0. The zero-order chi connectivity index (χ0) is 14.5. The number of piperazine rings is 1. The van der Waals surface area contributed by atoms with Crippen LogP contribution in [0.25, 0.3) is 10.9 Å². The van der Waals surface area contributed by atoms with Gasteiger partial charge in [0, 0.05) is 58.0 Å². The molecule has 2 heterocycles. The maximum absolute atomic E-state index is 5.15. The van der Waals surface area contributed by atoms with Gasteiger partial charge in [-0.3, -0.25) is 14.8 Å². The van der Waals surface area contributed by atoms with Crippen molar-refractivity contribution >= 4 is 10.9 Å². The quantitative estimate of drug-likeness (QED) is 0.840. The van der Waals surface area contributed by atoms with Gasteiger partial charge in [0.25, 0.3) is 0 Å². The van der Waals surface area contributed by atoms with E-state index in [0.29, 0.717) is 0 Å². The molecular weight excluding hydrogens is 262 g/mol. The second-order valence-corrected chi connectivity index (χ2v) is 5.64. The lowest BCUT2D eigenvalue weighted by molar-refractivity contribution is 0.0938. The normalized spacial score (nSPS) is 17.4. The van der Waals surface area contributed by atoms with Gasteiger partial charge in [0.1, 0.15) is 0 Å². The molecule has 112 valence electrons. The topological polar surface area (TPSA) is 28.6 Å². The van der Waals surface area contributed by atoms with E-state index in [1.54, 1.807) is 7.11 Å². The van der Waals surface area contributed by atoms with Gasteiger partial charge in [0.05, 0.1) is 12.1 Å². The molecule has 1 aromatic heterocycles. The van der Waals surface area contributed by atoms with Gasteiger partial charge in [0.2, 0.25) is 0 Å². The molecule has 0 spiro atoms. The fourth-order valence-corrected chi connectivity index (χ4v) is 2.87. The minimum Gasteiger partial charge on any atom is -0.383 e. The molecule has 1 aromatic carbocycles. The SMILES string of the molecule is COCCN1CCN(Cc2ccc3ncccc3c2)CC1. The van der Waals surface area contributed by atoms with E-state index in [2.05, 4.69) is 39.0 Å². The standard InChI is InChI=1S/C17H23N3O/c1-21-12-11-19-7-9-20(10-8-19)14-15-4-5-17-16(13-15)3-2-6-18-17/h2-6,13H,7-12,14H2,1H3. The van der Waals surface area contributed by atoms with E-state index in [9.17, 15) is 0 Å². The van der Waals surface area contributed by atoms with E-state index >= 15 is 0 Å². The molecule has 0 aliphatic carbocycles. The second kappa shape index (κ2) is 6.98. The lowest BCUT2D eigenvalue weighted by Gasteiger charge is -2.34. The van der Waals surface area contributed by atoms with Crippen molar-refractivity contribution in [1.29, 1.82) is 0 Å². The van der Waals surface area contributed by atoms with E-state index in [-0.39, 0.29) is 0 Å². The van der Waals surface area contributed by atoms with Gasteiger partial charge >= 0.3 is 0 Å². The molecule has 0 saturated carbocycles. The fourth-order valence-electron chi connectivity index (χ4n) is 2.87. The van der Waals surface area contributed by atoms with Crippen LogP contribution in [0.15, 0.2) is 36.5 Å². The first-order valence-electron chi connectivity index (χ1n) is 7.62. The highest BCUT2D eigenvalue weighted by Gasteiger charge is 2.16. The second-order valence-electron chi connectivity index (χ2n) is 5.64. The number of methoxy groups -OCH3 is 1. The number of nitrogens with zero attached hydrogens (tertiary/aromatic N) is 3. The van der Waals surface area contributed by atoms with E-state index in [4.69, 9.17) is 4.74 Å². The summed E-state index contributed by atoms with van der Waals surface area (Å²) in [7, 11) is 1.77. The molecule has 0 N–H and O–H groups in total. The molecular formula is C17H23N3O. The zero-order valence-corrected chi connectivity index (χ0v) is 12.7. The van der Waals surface area contributed by atoms with E-state index < -0.39 is 0 Å². The number of benzene rings is 1. The summed E-state index contributed by atoms with van der Waals surface area (Å²) in [5, 5.41) is 1.23. The molecule has 1 fully saturated rings. The zero-order valence-electron chi connectivity index (χ0n) is 12.7. The van der Waals surface area contributed by atoms with Gasteiger partial charge < -0.3 is 4.74 Å². The summed E-state index contributed by atoms with van der Waals surface area (Å²) in [6.45, 7) is 7.45. The van der Waals surface area contributed by atoms with Crippen LogP contribution in [0.5, 0.6) is 0 Å². The summed E-state index contributed by atoms with van der Waals surface area (Å²) >= 11 is 0. The highest BCUT2D eigenvalue weighted by atomic mass is 16.5. The largest absolute Gasteiger partial charge is 0.383 e. The Labute approximate surface area is 126 Å². The molecule has 3 rings (SSSR count). The van der Waals surface area contributed by atoms with Gasteiger partial charge in [-0.15, -0.1) is 0 Å². The van der Waals surface area contributed by atoms with Crippen molar-refractivity contribution in [2.75, 3.05) is 46.4 Å². The monoisotopic (exact) mass is 285 g/mol. The number of pyridine rings is 1. The van der Waals surface area contributed by atoms with Crippen molar-refractivity contribution in [2.45, 2.75) is 6.54 Å². The number of ether oxygens (including phenoxy) is 1. The van der Waals surface area contributed by atoms with E-state index in [1.165, 1.54) is 10.9 Å². The molecule has 0 atom stereocenters. The molecule has 0 amide bonds. The van der Waals surface area contributed by atoms with E-state index in [1.807, 2.05) is 12.3 Å². The van der Waals surface area contributed by atoms with Crippen LogP contribution in [-0.2, 0) is 11.3 Å². The molecule has 21 heavy (non-hydrogen) atoms. The number of fused-ring (bicyclic) bond motifs is 1. The first-order valence-corrected chi connectivity index (χ1v) is 7.62. The maximum atomic E-state index is 5.15. The van der Waals surface area contributed by atoms with Gasteiger partial charge in [0.15, 0.2) is 0 Å². The molecule has 0 radical (unpaired) electrons. The molecule has 0 unspecified atom stereocenters. The van der Waals surface area contributed by atoms with Crippen LogP contribution in [0.3, 0.4) is 0 Å². The molecule has 2 aromatic rings. The Morgan fingerprint density at radius 2 is 1.90 bits per heavy atom. The fraction of sp³-hybridized carbons (Fsp3) is 0.471. The minimum atomic E-state index is 0.831. The first-order chi connectivity index (χ1) is 10.3. The summed E-state index contributed by atoms with van der Waals surface area (Å²) in [4.78, 5) is 9.38. The van der Waals surface area contributed by atoms with Crippen molar-refractivity contribution in [3.05, 3.63) is 42.1 Å². The molecule has 1 saturated heterocycles. The van der Waals surface area contributed by atoms with Crippen LogP contribution in [0, 0.1) is 0 Å². The number of hydrogen-bond donors (Lipinski definition) is 0. The van der Waals surface area contributed by atoms with Crippen LogP contribution in [-0.4, -0.2) is 61.2 Å². The number of aromatic nitrogens is 1. The highest BCUT2D eigenvalue weighted by Crippen LogP contribution is 2.15. The molecule has 0 bridgehead atoms. The Bertz CT molecular complexity index is 579. The predicted molar refractivity (Wildman–Crippen MR) is 85.3 cm³/mol. The van der Waals surface area contributed by atoms with Crippen LogP contribution < -0.4 is 0 Å². The average Bonchev–Trinajstić information content (AvgIpc) is 2.54. The van der Waals surface area contributed by atoms with Crippen molar-refractivity contribution in [2.24, 2.45) is 0 Å². The third kappa shape index (κ3) is 3.79. The maximum Gasteiger partial charge on any atom is 0.0702 e. The summed E-state index contributed by atoms with van der Waals surface area (Å²) < 4.78 is 5.15. The van der Waals surface area contributed by atoms with Gasteiger partial charge in [-0.1, -0.05) is 12.1 Å². The Morgan fingerprint density at radius 1 is 1.10 bits per heavy atom. The third-order valence-corrected chi connectivity index (χ3v) is 4.15. The van der Waals surface area contributed by atoms with Gasteiger partial charge in [-0.2, -0.15) is 0 Å². The smallest absolute Gasteiger partial charge is 0.0702 e. The van der Waals surface area contributed by atoms with Crippen molar-refractivity contribution < 1.29 is 4.74 Å².